The van der Waals surface area contributed by atoms with E-state index in [4.69, 9.17) is 9.15 Å². The molecule has 9 heteroatoms. The Bertz CT molecular complexity index is 950. The van der Waals surface area contributed by atoms with Crippen LogP contribution in [0, 0.1) is 5.82 Å². The van der Waals surface area contributed by atoms with Gasteiger partial charge in [-0.05, 0) is 55.8 Å². The number of halogens is 2. The highest BCUT2D eigenvalue weighted by Gasteiger charge is 2.17. The van der Waals surface area contributed by atoms with Crippen molar-refractivity contribution in [1.82, 2.24) is 15.5 Å². The predicted octanol–water partition coefficient (Wildman–Crippen LogP) is 5.08. The second-order valence-corrected chi connectivity index (χ2v) is 8.09. The van der Waals surface area contributed by atoms with Gasteiger partial charge in [0.05, 0.1) is 11.8 Å². The molecule has 1 heterocycles. The van der Waals surface area contributed by atoms with Crippen molar-refractivity contribution in [3.63, 3.8) is 0 Å². The highest BCUT2D eigenvalue weighted by Crippen LogP contribution is 2.24. The van der Waals surface area contributed by atoms with Gasteiger partial charge < -0.3 is 14.5 Å². The Labute approximate surface area is 180 Å². The van der Waals surface area contributed by atoms with Crippen LogP contribution in [0.15, 0.2) is 62.6 Å². The lowest BCUT2D eigenvalue weighted by Gasteiger charge is -2.14. The first kappa shape index (κ1) is 21.3. The maximum Gasteiger partial charge on any atom is 0.277 e. The minimum Gasteiger partial charge on any atom is -0.481 e. The van der Waals surface area contributed by atoms with Crippen LogP contribution < -0.4 is 10.1 Å². The monoisotopic (exact) mass is 479 g/mol. The van der Waals surface area contributed by atoms with E-state index in [9.17, 15) is 9.18 Å². The van der Waals surface area contributed by atoms with Crippen LogP contribution in [0.5, 0.6) is 5.75 Å². The van der Waals surface area contributed by atoms with Crippen molar-refractivity contribution < 1.29 is 18.3 Å². The highest BCUT2D eigenvalue weighted by atomic mass is 79.9. The topological polar surface area (TPSA) is 77.2 Å². The predicted molar refractivity (Wildman–Crippen MR) is 111 cm³/mol. The maximum absolute atomic E-state index is 13.0. The summed E-state index contributed by atoms with van der Waals surface area (Å²) in [6.45, 7) is 3.67. The summed E-state index contributed by atoms with van der Waals surface area (Å²) in [7, 11) is 0. The zero-order valence-electron chi connectivity index (χ0n) is 15.8. The molecule has 3 aromatic rings. The fourth-order valence-electron chi connectivity index (χ4n) is 2.46. The van der Waals surface area contributed by atoms with Gasteiger partial charge in [-0.25, -0.2) is 4.39 Å². The van der Waals surface area contributed by atoms with Gasteiger partial charge in [-0.15, -0.1) is 10.2 Å². The Kier molecular flexibility index (Phi) is 7.27. The lowest BCUT2D eigenvalue weighted by atomic mass is 10.1. The molecule has 0 bridgehead atoms. The van der Waals surface area contributed by atoms with E-state index in [1.54, 1.807) is 6.92 Å². The van der Waals surface area contributed by atoms with Gasteiger partial charge in [0.15, 0.2) is 6.10 Å². The summed E-state index contributed by atoms with van der Waals surface area (Å²) in [4.78, 5) is 12.2. The molecule has 1 aromatic heterocycles. The van der Waals surface area contributed by atoms with E-state index in [0.29, 0.717) is 5.75 Å². The van der Waals surface area contributed by atoms with Crippen LogP contribution in [0.1, 0.15) is 37.4 Å². The number of nitrogens with one attached hydrogen (secondary N) is 1. The second kappa shape index (κ2) is 9.89. The molecule has 2 aromatic carbocycles. The number of nitrogens with zero attached hydrogens (tertiary/aromatic N) is 2. The summed E-state index contributed by atoms with van der Waals surface area (Å²) in [6.07, 6.45) is -0.506. The molecule has 0 aliphatic carbocycles. The molecule has 0 saturated heterocycles. The SMILES string of the molecule is CC(NC(=O)CSc1nnc(C(C)Oc2ccc(F)cc2)o1)c1ccc(Br)cc1. The first-order chi connectivity index (χ1) is 13.9. The van der Waals surface area contributed by atoms with E-state index in [0.717, 1.165) is 21.8 Å². The number of hydrogen-bond donors (Lipinski definition) is 1. The zero-order chi connectivity index (χ0) is 20.8. The van der Waals surface area contributed by atoms with E-state index in [2.05, 4.69) is 31.4 Å². The molecule has 1 amide bonds. The molecule has 0 fully saturated rings. The van der Waals surface area contributed by atoms with Crippen LogP contribution in [0.25, 0.3) is 0 Å². The van der Waals surface area contributed by atoms with Gasteiger partial charge in [0.2, 0.25) is 5.91 Å². The molecular weight excluding hydrogens is 461 g/mol. The Morgan fingerprint density at radius 2 is 1.86 bits per heavy atom. The number of thioether (sulfide) groups is 1. The molecule has 2 unspecified atom stereocenters. The zero-order valence-corrected chi connectivity index (χ0v) is 18.2. The van der Waals surface area contributed by atoms with Crippen LogP contribution in [0.3, 0.4) is 0 Å². The number of rotatable bonds is 8. The number of aromatic nitrogens is 2. The lowest BCUT2D eigenvalue weighted by molar-refractivity contribution is -0.119. The standard InChI is InChI=1S/C20H19BrFN3O3S/c1-12(14-3-5-15(21)6-4-14)23-18(26)11-29-20-25-24-19(28-20)13(2)27-17-9-7-16(22)8-10-17/h3-10,12-13H,11H2,1-2H3,(H,23,26). The normalized spacial score (nSPS) is 13.0. The fourth-order valence-corrected chi connectivity index (χ4v) is 3.30. The molecular formula is C20H19BrFN3O3S. The summed E-state index contributed by atoms with van der Waals surface area (Å²) < 4.78 is 25.1. The number of ether oxygens (including phenoxy) is 1. The first-order valence-electron chi connectivity index (χ1n) is 8.84. The molecule has 6 nitrogen and oxygen atoms in total. The largest absolute Gasteiger partial charge is 0.481 e. The smallest absolute Gasteiger partial charge is 0.277 e. The van der Waals surface area contributed by atoms with Crippen molar-refractivity contribution in [3.05, 3.63) is 70.3 Å². The van der Waals surface area contributed by atoms with Gasteiger partial charge in [0.1, 0.15) is 11.6 Å². The van der Waals surface area contributed by atoms with E-state index < -0.39 is 6.10 Å². The summed E-state index contributed by atoms with van der Waals surface area (Å²) in [6, 6.07) is 13.3. The summed E-state index contributed by atoms with van der Waals surface area (Å²) in [5.41, 5.74) is 1.01. The molecule has 0 aliphatic heterocycles. The van der Waals surface area contributed by atoms with Gasteiger partial charge in [-0.1, -0.05) is 39.8 Å². The second-order valence-electron chi connectivity index (χ2n) is 6.25. The van der Waals surface area contributed by atoms with E-state index in [1.807, 2.05) is 31.2 Å². The Balaban J connectivity index is 1.48. The van der Waals surface area contributed by atoms with Crippen molar-refractivity contribution in [2.75, 3.05) is 5.75 Å². The Morgan fingerprint density at radius 1 is 1.17 bits per heavy atom. The van der Waals surface area contributed by atoms with Crippen LogP contribution in [0.2, 0.25) is 0 Å². The molecule has 152 valence electrons. The van der Waals surface area contributed by atoms with Crippen LogP contribution in [-0.2, 0) is 4.79 Å². The summed E-state index contributed by atoms with van der Waals surface area (Å²) in [5.74, 6) is 0.443. The average molecular weight is 480 g/mol. The molecule has 0 radical (unpaired) electrons. The fraction of sp³-hybridized carbons (Fsp3) is 0.250. The molecule has 0 saturated carbocycles. The number of benzene rings is 2. The third-order valence-electron chi connectivity index (χ3n) is 3.97. The minimum absolute atomic E-state index is 0.112. The summed E-state index contributed by atoms with van der Waals surface area (Å²) in [5, 5.41) is 11.1. The van der Waals surface area contributed by atoms with Gasteiger partial charge in [-0.2, -0.15) is 0 Å². The molecule has 29 heavy (non-hydrogen) atoms. The number of carbonyl (C=O) groups is 1. The van der Waals surface area contributed by atoms with Crippen LogP contribution in [0.4, 0.5) is 4.39 Å². The van der Waals surface area contributed by atoms with Crippen LogP contribution in [-0.4, -0.2) is 21.9 Å². The van der Waals surface area contributed by atoms with Gasteiger partial charge in [0, 0.05) is 4.47 Å². The molecule has 3 rings (SSSR count). The Hall–Kier alpha value is -2.39. The van der Waals surface area contributed by atoms with E-state index >= 15 is 0 Å². The van der Waals surface area contributed by atoms with Crippen molar-refractivity contribution in [3.8, 4) is 5.75 Å². The molecule has 2 atom stereocenters. The molecule has 0 spiro atoms. The summed E-state index contributed by atoms with van der Waals surface area (Å²) >= 11 is 4.54. The van der Waals surface area contributed by atoms with Crippen molar-refractivity contribution in [1.29, 1.82) is 0 Å². The first-order valence-corrected chi connectivity index (χ1v) is 10.6. The van der Waals surface area contributed by atoms with Crippen LogP contribution >= 0.6 is 27.7 Å². The quantitative estimate of drug-likeness (QED) is 0.453. The average Bonchev–Trinajstić information content (AvgIpc) is 3.18. The Morgan fingerprint density at radius 3 is 2.55 bits per heavy atom. The van der Waals surface area contributed by atoms with Gasteiger partial charge >= 0.3 is 0 Å². The van der Waals surface area contributed by atoms with Gasteiger partial charge in [0.25, 0.3) is 11.1 Å². The number of carbonyl (C=O) groups excluding carboxylic acids is 1. The van der Waals surface area contributed by atoms with Gasteiger partial charge in [-0.3, -0.25) is 4.79 Å². The van der Waals surface area contributed by atoms with Crippen molar-refractivity contribution in [2.45, 2.75) is 31.2 Å². The highest BCUT2D eigenvalue weighted by molar-refractivity contribution is 9.10. The van der Waals surface area contributed by atoms with Crippen molar-refractivity contribution >= 4 is 33.6 Å². The van der Waals surface area contributed by atoms with E-state index in [1.165, 1.54) is 24.3 Å². The number of amides is 1. The van der Waals surface area contributed by atoms with Crippen molar-refractivity contribution in [2.24, 2.45) is 0 Å². The molecule has 0 aliphatic rings. The lowest BCUT2D eigenvalue weighted by Crippen LogP contribution is -2.28. The third kappa shape index (κ3) is 6.30. The maximum atomic E-state index is 13.0. The minimum atomic E-state index is -0.506. The number of hydrogen-bond acceptors (Lipinski definition) is 6. The van der Waals surface area contributed by atoms with E-state index in [-0.39, 0.29) is 34.6 Å². The molecule has 1 N–H and O–H groups in total. The third-order valence-corrected chi connectivity index (χ3v) is 5.32.